The predicted molar refractivity (Wildman–Crippen MR) is 99.0 cm³/mol. The fourth-order valence-electron chi connectivity index (χ4n) is 2.91. The van der Waals surface area contributed by atoms with Crippen LogP contribution in [0.3, 0.4) is 0 Å². The molecule has 1 N–H and O–H groups in total. The summed E-state index contributed by atoms with van der Waals surface area (Å²) >= 11 is 0. The van der Waals surface area contributed by atoms with Crippen LogP contribution in [0.5, 0.6) is 5.75 Å². The van der Waals surface area contributed by atoms with Gasteiger partial charge in [0.05, 0.1) is 10.5 Å². The summed E-state index contributed by atoms with van der Waals surface area (Å²) in [5, 5.41) is 20.4. The van der Waals surface area contributed by atoms with Crippen LogP contribution in [-0.4, -0.2) is 47.0 Å². The van der Waals surface area contributed by atoms with Crippen molar-refractivity contribution in [1.82, 2.24) is 4.90 Å². The van der Waals surface area contributed by atoms with Gasteiger partial charge in [-0.15, -0.1) is 0 Å². The largest absolute Gasteiger partial charge is 0.508 e. The van der Waals surface area contributed by atoms with Gasteiger partial charge in [-0.1, -0.05) is 12.1 Å². The van der Waals surface area contributed by atoms with Crippen LogP contribution in [0.25, 0.3) is 6.08 Å². The lowest BCUT2D eigenvalue weighted by Gasteiger charge is -2.35. The number of nitro groups is 1. The van der Waals surface area contributed by atoms with E-state index in [0.29, 0.717) is 31.7 Å². The summed E-state index contributed by atoms with van der Waals surface area (Å²) in [5.74, 6) is 0.0659. The van der Waals surface area contributed by atoms with Gasteiger partial charge in [0.15, 0.2) is 0 Å². The summed E-state index contributed by atoms with van der Waals surface area (Å²) in [6, 6.07) is 13.3. The molecule has 1 amide bonds. The zero-order valence-electron chi connectivity index (χ0n) is 14.1. The van der Waals surface area contributed by atoms with Gasteiger partial charge < -0.3 is 14.9 Å². The molecule has 0 saturated carbocycles. The number of phenols is 1. The molecule has 0 aromatic heterocycles. The second-order valence-electron chi connectivity index (χ2n) is 5.98. The minimum absolute atomic E-state index is 0.0197. The SMILES string of the molecule is O=C(/C=C/c1ccccc1[N+](=O)[O-])N1CCN(c2ccc(O)cc2)CC1. The monoisotopic (exact) mass is 353 g/mol. The minimum Gasteiger partial charge on any atom is -0.508 e. The molecule has 0 bridgehead atoms. The molecule has 0 aliphatic carbocycles. The van der Waals surface area contributed by atoms with Gasteiger partial charge in [0.25, 0.3) is 5.69 Å². The third kappa shape index (κ3) is 4.00. The second kappa shape index (κ2) is 7.69. The number of rotatable bonds is 4. The van der Waals surface area contributed by atoms with Gasteiger partial charge >= 0.3 is 0 Å². The fourth-order valence-corrected chi connectivity index (χ4v) is 2.91. The molecular formula is C19H19N3O4. The number of benzene rings is 2. The maximum absolute atomic E-state index is 12.4. The Hall–Kier alpha value is -3.35. The highest BCUT2D eigenvalue weighted by Crippen LogP contribution is 2.21. The summed E-state index contributed by atoms with van der Waals surface area (Å²) in [5.41, 5.74) is 1.40. The zero-order chi connectivity index (χ0) is 18.5. The smallest absolute Gasteiger partial charge is 0.276 e. The molecule has 0 radical (unpaired) electrons. The molecule has 0 unspecified atom stereocenters. The van der Waals surface area contributed by atoms with Crippen molar-refractivity contribution in [2.45, 2.75) is 0 Å². The maximum atomic E-state index is 12.4. The predicted octanol–water partition coefficient (Wildman–Crippen LogP) is 2.66. The highest BCUT2D eigenvalue weighted by molar-refractivity contribution is 5.92. The van der Waals surface area contributed by atoms with E-state index >= 15 is 0 Å². The third-order valence-electron chi connectivity index (χ3n) is 4.35. The Bertz CT molecular complexity index is 825. The molecular weight excluding hydrogens is 334 g/mol. The molecule has 0 atom stereocenters. The van der Waals surface area contributed by atoms with Crippen molar-refractivity contribution >= 4 is 23.4 Å². The van der Waals surface area contributed by atoms with Crippen molar-refractivity contribution < 1.29 is 14.8 Å². The Labute approximate surface area is 150 Å². The Balaban J connectivity index is 1.60. The molecule has 26 heavy (non-hydrogen) atoms. The normalized spacial score (nSPS) is 14.6. The average molecular weight is 353 g/mol. The molecule has 1 heterocycles. The van der Waals surface area contributed by atoms with E-state index in [2.05, 4.69) is 4.90 Å². The highest BCUT2D eigenvalue weighted by atomic mass is 16.6. The Morgan fingerprint density at radius 2 is 1.69 bits per heavy atom. The number of phenolic OH excluding ortho intramolecular Hbond substituents is 1. The summed E-state index contributed by atoms with van der Waals surface area (Å²) in [6.07, 6.45) is 2.88. The van der Waals surface area contributed by atoms with Crippen molar-refractivity contribution in [2.24, 2.45) is 0 Å². The van der Waals surface area contributed by atoms with Gasteiger partial charge in [-0.3, -0.25) is 14.9 Å². The molecule has 2 aromatic carbocycles. The number of anilines is 1. The van der Waals surface area contributed by atoms with Gasteiger partial charge in [0.2, 0.25) is 5.91 Å². The van der Waals surface area contributed by atoms with E-state index in [0.717, 1.165) is 5.69 Å². The quantitative estimate of drug-likeness (QED) is 0.519. The van der Waals surface area contributed by atoms with E-state index in [9.17, 15) is 20.0 Å². The van der Waals surface area contributed by atoms with E-state index in [4.69, 9.17) is 0 Å². The second-order valence-corrected chi connectivity index (χ2v) is 5.98. The first-order valence-corrected chi connectivity index (χ1v) is 8.29. The number of aromatic hydroxyl groups is 1. The first-order chi connectivity index (χ1) is 12.5. The van der Waals surface area contributed by atoms with Crippen LogP contribution in [0.15, 0.2) is 54.6 Å². The lowest BCUT2D eigenvalue weighted by Crippen LogP contribution is -2.48. The van der Waals surface area contributed by atoms with E-state index in [1.165, 1.54) is 18.2 Å². The van der Waals surface area contributed by atoms with Gasteiger partial charge in [-0.25, -0.2) is 0 Å². The average Bonchev–Trinajstić information content (AvgIpc) is 2.67. The van der Waals surface area contributed by atoms with Crippen LogP contribution in [0, 0.1) is 10.1 Å². The lowest BCUT2D eigenvalue weighted by molar-refractivity contribution is -0.385. The first-order valence-electron chi connectivity index (χ1n) is 8.29. The van der Waals surface area contributed by atoms with Crippen molar-refractivity contribution in [3.05, 3.63) is 70.3 Å². The number of carbonyl (C=O) groups excluding carboxylic acids is 1. The van der Waals surface area contributed by atoms with Crippen molar-refractivity contribution in [3.63, 3.8) is 0 Å². The minimum atomic E-state index is -0.458. The molecule has 1 aliphatic rings. The Kier molecular flexibility index (Phi) is 5.17. The van der Waals surface area contributed by atoms with Crippen molar-refractivity contribution in [1.29, 1.82) is 0 Å². The van der Waals surface area contributed by atoms with Gasteiger partial charge in [0.1, 0.15) is 5.75 Å². The maximum Gasteiger partial charge on any atom is 0.276 e. The van der Waals surface area contributed by atoms with Crippen LogP contribution in [0.2, 0.25) is 0 Å². The van der Waals surface area contributed by atoms with Gasteiger partial charge in [-0.2, -0.15) is 0 Å². The zero-order valence-corrected chi connectivity index (χ0v) is 14.1. The molecule has 1 aliphatic heterocycles. The van der Waals surface area contributed by atoms with Gasteiger partial charge in [0, 0.05) is 44.0 Å². The van der Waals surface area contributed by atoms with Crippen LogP contribution >= 0.6 is 0 Å². The number of hydrogen-bond acceptors (Lipinski definition) is 5. The van der Waals surface area contributed by atoms with Crippen LogP contribution < -0.4 is 4.90 Å². The molecule has 1 fully saturated rings. The Morgan fingerprint density at radius 3 is 2.35 bits per heavy atom. The van der Waals surface area contributed by atoms with Crippen LogP contribution in [0.4, 0.5) is 11.4 Å². The number of piperazine rings is 1. The standard InChI is InChI=1S/C19H19N3O4/c23-17-8-6-16(7-9-17)20-11-13-21(14-12-20)19(24)10-5-15-3-1-2-4-18(15)22(25)26/h1-10,23H,11-14H2/b10-5+. The van der Waals surface area contributed by atoms with E-state index < -0.39 is 4.92 Å². The molecule has 7 heteroatoms. The number of carbonyl (C=O) groups is 1. The summed E-state index contributed by atoms with van der Waals surface area (Å²) in [6.45, 7) is 2.52. The molecule has 134 valence electrons. The van der Waals surface area contributed by atoms with Crippen molar-refractivity contribution in [3.8, 4) is 5.75 Å². The van der Waals surface area contributed by atoms with Crippen LogP contribution in [-0.2, 0) is 4.79 Å². The lowest BCUT2D eigenvalue weighted by atomic mass is 10.1. The third-order valence-corrected chi connectivity index (χ3v) is 4.35. The molecule has 1 saturated heterocycles. The molecule has 7 nitrogen and oxygen atoms in total. The molecule has 2 aromatic rings. The fraction of sp³-hybridized carbons (Fsp3) is 0.211. The number of para-hydroxylation sites is 1. The highest BCUT2D eigenvalue weighted by Gasteiger charge is 2.20. The van der Waals surface area contributed by atoms with Crippen molar-refractivity contribution in [2.75, 3.05) is 31.1 Å². The number of hydrogen-bond donors (Lipinski definition) is 1. The summed E-state index contributed by atoms with van der Waals surface area (Å²) < 4.78 is 0. The van der Waals surface area contributed by atoms with Gasteiger partial charge in [-0.05, 0) is 36.4 Å². The van der Waals surface area contributed by atoms with Crippen LogP contribution in [0.1, 0.15) is 5.56 Å². The Morgan fingerprint density at radius 1 is 1.04 bits per heavy atom. The molecule has 0 spiro atoms. The van der Waals surface area contributed by atoms with E-state index in [-0.39, 0.29) is 17.3 Å². The summed E-state index contributed by atoms with van der Waals surface area (Å²) in [7, 11) is 0. The van der Waals surface area contributed by atoms with E-state index in [1.807, 2.05) is 12.1 Å². The topological polar surface area (TPSA) is 86.9 Å². The number of nitro benzene ring substituents is 1. The van der Waals surface area contributed by atoms with E-state index in [1.54, 1.807) is 35.2 Å². The number of nitrogens with zero attached hydrogens (tertiary/aromatic N) is 3. The summed E-state index contributed by atoms with van der Waals surface area (Å²) in [4.78, 5) is 26.8. The molecule has 3 rings (SSSR count). The first kappa shape index (κ1) is 17.5. The number of amides is 1.